The van der Waals surface area contributed by atoms with E-state index in [0.717, 1.165) is 0 Å². The van der Waals surface area contributed by atoms with Crippen molar-refractivity contribution in [1.82, 2.24) is 0 Å². The van der Waals surface area contributed by atoms with E-state index in [1.165, 1.54) is 187 Å². The Morgan fingerprint density at radius 3 is 1.17 bits per heavy atom. The third-order valence-corrected chi connectivity index (χ3v) is 80.5. The molecule has 0 bridgehead atoms. The second-order valence-corrected chi connectivity index (χ2v) is 63.2. The first-order chi connectivity index (χ1) is 20.5. The Morgan fingerprint density at radius 1 is 0.476 bits per heavy atom. The van der Waals surface area contributed by atoms with E-state index in [1.807, 2.05) is 14.2 Å². The molecule has 0 atom stereocenters. The van der Waals surface area contributed by atoms with Crippen LogP contribution in [0.5, 0.6) is 0 Å². The zero-order valence-electron chi connectivity index (χ0n) is 29.9. The van der Waals surface area contributed by atoms with Gasteiger partial charge in [-0.05, 0) is 0 Å². The van der Waals surface area contributed by atoms with E-state index in [0.29, 0.717) is 0 Å². The second kappa shape index (κ2) is 26.5. The van der Waals surface area contributed by atoms with E-state index >= 15 is 0 Å². The molecular formula is C37H78O3Sn2. The summed E-state index contributed by atoms with van der Waals surface area (Å²) in [6.07, 6.45) is 37.0. The summed E-state index contributed by atoms with van der Waals surface area (Å²) in [6, 6.07) is 0. The molecule has 0 saturated carbocycles. The molecule has 0 unspecified atom stereocenters. The molecular weight excluding hydrogens is 730 g/mol. The molecule has 0 amide bonds. The van der Waals surface area contributed by atoms with Gasteiger partial charge in [-0.1, -0.05) is 0 Å². The standard InChI is InChI=1S/C19H38O.2C8H17.2CH3O.2Sn/c1-4-7-9-11-13-15-17-19(20,6-3)18-16-14-12-10-8-5-2;2*1-3-5-7-8-6-4-2;2*1-2;;/h3-18H2,1-2H3;2*1,3-8H2,2H3;2*1H3;;/q-1;;;2*-1;+1;+2. The van der Waals surface area contributed by atoms with E-state index in [2.05, 4.69) is 27.7 Å². The normalized spacial score (nSPS) is 17.6. The predicted molar refractivity (Wildman–Crippen MR) is 191 cm³/mol. The molecule has 0 aromatic carbocycles. The Kier molecular flexibility index (Phi) is 26.2. The van der Waals surface area contributed by atoms with Crippen LogP contribution in [-0.4, -0.2) is 49.9 Å². The molecule has 1 heterocycles. The maximum absolute atomic E-state index is 8.02. The molecule has 1 rings (SSSR count). The molecule has 252 valence electrons. The molecule has 0 aliphatic carbocycles. The van der Waals surface area contributed by atoms with Crippen molar-refractivity contribution in [3.05, 3.63) is 0 Å². The summed E-state index contributed by atoms with van der Waals surface area (Å²) in [5.74, 6) is 0. The van der Waals surface area contributed by atoms with Crippen LogP contribution in [-0.2, 0) is 9.22 Å². The van der Waals surface area contributed by atoms with Crippen molar-refractivity contribution in [2.75, 3.05) is 14.2 Å². The van der Waals surface area contributed by atoms with Crippen molar-refractivity contribution in [2.24, 2.45) is 0 Å². The summed E-state index contributed by atoms with van der Waals surface area (Å²) < 4.78 is 25.5. The molecule has 0 aromatic heterocycles. The van der Waals surface area contributed by atoms with Gasteiger partial charge in [-0.3, -0.25) is 0 Å². The summed E-state index contributed by atoms with van der Waals surface area (Å²) in [7, 11) is 4.07. The topological polar surface area (TPSA) is 27.7 Å². The van der Waals surface area contributed by atoms with Gasteiger partial charge in [0.05, 0.1) is 0 Å². The fraction of sp³-hybridized carbons (Fsp3) is 1.00. The van der Waals surface area contributed by atoms with Crippen molar-refractivity contribution in [3.8, 4) is 0 Å². The summed E-state index contributed by atoms with van der Waals surface area (Å²) >= 11 is -6.41. The molecule has 0 N–H and O–H groups in total. The first-order valence-electron chi connectivity index (χ1n) is 19.3. The average molecular weight is 808 g/mol. The first-order valence-corrected chi connectivity index (χ1v) is 39.9. The molecule has 5 heteroatoms. The van der Waals surface area contributed by atoms with Gasteiger partial charge in [0, 0.05) is 0 Å². The average Bonchev–Trinajstić information content (AvgIpc) is 3.00. The summed E-state index contributed by atoms with van der Waals surface area (Å²) in [6.45, 7) is 9.31. The van der Waals surface area contributed by atoms with Crippen molar-refractivity contribution in [1.29, 1.82) is 0 Å². The van der Waals surface area contributed by atoms with E-state index in [1.54, 1.807) is 0 Å². The molecule has 3 nitrogen and oxygen atoms in total. The molecule has 1 saturated heterocycles. The fourth-order valence-corrected chi connectivity index (χ4v) is 80.7. The molecule has 1 fully saturated rings. The number of hydrogen-bond donors (Lipinski definition) is 0. The maximum atomic E-state index is 8.02. The number of unbranched alkanes of at least 4 members (excludes halogenated alkanes) is 20. The summed E-state index contributed by atoms with van der Waals surface area (Å²) in [5, 5.41) is 0. The van der Waals surface area contributed by atoms with Gasteiger partial charge in [0.15, 0.2) is 0 Å². The summed E-state index contributed by atoms with van der Waals surface area (Å²) in [5.41, 5.74) is 0.132. The van der Waals surface area contributed by atoms with E-state index < -0.39 is 30.1 Å². The van der Waals surface area contributed by atoms with Gasteiger partial charge in [0.1, 0.15) is 0 Å². The zero-order chi connectivity index (χ0) is 30.8. The van der Waals surface area contributed by atoms with Crippen molar-refractivity contribution >= 4 is 30.1 Å². The van der Waals surface area contributed by atoms with Crippen molar-refractivity contribution < 1.29 is 9.22 Å². The molecule has 0 radical (unpaired) electrons. The third-order valence-electron chi connectivity index (χ3n) is 10.5. The van der Waals surface area contributed by atoms with Crippen LogP contribution in [0.25, 0.3) is 0 Å². The van der Waals surface area contributed by atoms with Crippen molar-refractivity contribution in [2.45, 2.75) is 220 Å². The molecule has 1 aliphatic heterocycles. The van der Waals surface area contributed by atoms with Crippen LogP contribution in [0.1, 0.15) is 201 Å². The van der Waals surface area contributed by atoms with Gasteiger partial charge in [0.2, 0.25) is 0 Å². The van der Waals surface area contributed by atoms with Gasteiger partial charge >= 0.3 is 274 Å². The van der Waals surface area contributed by atoms with Crippen LogP contribution in [0.2, 0.25) is 13.3 Å². The Labute approximate surface area is 271 Å². The summed E-state index contributed by atoms with van der Waals surface area (Å²) in [4.78, 5) is 0. The Bertz CT molecular complexity index is 564. The Morgan fingerprint density at radius 2 is 0.810 bits per heavy atom. The minimum atomic E-state index is -3.26. The van der Waals surface area contributed by atoms with Crippen LogP contribution in [0.3, 0.4) is 0 Å². The molecule has 0 spiro atoms. The van der Waals surface area contributed by atoms with E-state index in [4.69, 9.17) is 9.22 Å². The fourth-order valence-electron chi connectivity index (χ4n) is 7.74. The SMILES string of the molecule is CCCCCCCCC1(CCCCCCCC)C[CH2][Sn]([O]C)([O]C)[Sn]([CH2]CCCCCCC)([CH2]CCCCCCC)[O]1. The Hall–Kier alpha value is 1.48. The van der Waals surface area contributed by atoms with Crippen LogP contribution in [0.15, 0.2) is 0 Å². The predicted octanol–water partition coefficient (Wildman–Crippen LogP) is 13.1. The first kappa shape index (κ1) is 41.5. The van der Waals surface area contributed by atoms with E-state index in [9.17, 15) is 0 Å². The quantitative estimate of drug-likeness (QED) is 0.0534. The zero-order valence-corrected chi connectivity index (χ0v) is 35.6. The number of rotatable bonds is 30. The second-order valence-electron chi connectivity index (χ2n) is 14.0. The van der Waals surface area contributed by atoms with Gasteiger partial charge in [-0.25, -0.2) is 0 Å². The van der Waals surface area contributed by atoms with Crippen LogP contribution in [0.4, 0.5) is 0 Å². The van der Waals surface area contributed by atoms with Crippen LogP contribution in [0, 0.1) is 0 Å². The third kappa shape index (κ3) is 15.9. The van der Waals surface area contributed by atoms with Crippen molar-refractivity contribution in [3.63, 3.8) is 0 Å². The van der Waals surface area contributed by atoms with E-state index in [-0.39, 0.29) is 5.60 Å². The van der Waals surface area contributed by atoms with Gasteiger partial charge < -0.3 is 0 Å². The molecule has 1 aliphatic rings. The monoisotopic (exact) mass is 810 g/mol. The Balaban J connectivity index is 3.14. The molecule has 0 aromatic rings. The minimum absolute atomic E-state index is 0.132. The van der Waals surface area contributed by atoms with Crippen LogP contribution >= 0.6 is 0 Å². The van der Waals surface area contributed by atoms with Gasteiger partial charge in [-0.15, -0.1) is 0 Å². The van der Waals surface area contributed by atoms with Gasteiger partial charge in [-0.2, -0.15) is 0 Å². The van der Waals surface area contributed by atoms with Crippen LogP contribution < -0.4 is 0 Å². The molecule has 42 heavy (non-hydrogen) atoms. The van der Waals surface area contributed by atoms with Gasteiger partial charge in [0.25, 0.3) is 0 Å². The number of hydrogen-bond acceptors (Lipinski definition) is 3.